The summed E-state index contributed by atoms with van der Waals surface area (Å²) in [4.78, 5) is 2.39. The fourth-order valence-corrected chi connectivity index (χ4v) is 10.7. The Morgan fingerprint density at radius 3 is 1.59 bits per heavy atom. The summed E-state index contributed by atoms with van der Waals surface area (Å²) in [7, 11) is 0. The van der Waals surface area contributed by atoms with Gasteiger partial charge in [0.1, 0.15) is 0 Å². The van der Waals surface area contributed by atoms with Crippen LogP contribution in [0.5, 0.6) is 0 Å². The van der Waals surface area contributed by atoms with Crippen LogP contribution >= 0.6 is 22.7 Å². The zero-order chi connectivity index (χ0) is 35.6. The zero-order valence-electron chi connectivity index (χ0n) is 29.2. The van der Waals surface area contributed by atoms with Gasteiger partial charge in [0.15, 0.2) is 0 Å². The predicted molar refractivity (Wildman–Crippen MR) is 235 cm³/mol. The number of aromatic nitrogens is 1. The van der Waals surface area contributed by atoms with E-state index in [1.54, 1.807) is 0 Å². The molecule has 8 aromatic carbocycles. The first-order valence-electron chi connectivity index (χ1n) is 18.3. The maximum atomic E-state index is 2.39. The molecule has 0 amide bonds. The first-order chi connectivity index (χ1) is 26.8. The maximum Gasteiger partial charge on any atom is 0.0542 e. The molecule has 11 aromatic rings. The van der Waals surface area contributed by atoms with Crippen molar-refractivity contribution in [2.75, 3.05) is 4.90 Å². The van der Waals surface area contributed by atoms with Gasteiger partial charge in [-0.3, -0.25) is 0 Å². The zero-order valence-corrected chi connectivity index (χ0v) is 30.8. The topological polar surface area (TPSA) is 8.17 Å². The number of thiophene rings is 2. The Morgan fingerprint density at radius 2 is 0.852 bits per heavy atom. The van der Waals surface area contributed by atoms with Crippen molar-refractivity contribution in [2.24, 2.45) is 0 Å². The molecule has 254 valence electrons. The smallest absolute Gasteiger partial charge is 0.0542 e. The van der Waals surface area contributed by atoms with Crippen LogP contribution in [0.2, 0.25) is 0 Å². The molecule has 2 nitrogen and oxygen atoms in total. The number of para-hydroxylation sites is 2. The molecule has 11 rings (SSSR count). The molecule has 0 atom stereocenters. The van der Waals surface area contributed by atoms with E-state index in [0.717, 1.165) is 17.1 Å². The molecular formula is C50H32N2S2. The second-order valence-electron chi connectivity index (χ2n) is 13.8. The largest absolute Gasteiger partial charge is 0.310 e. The van der Waals surface area contributed by atoms with Crippen molar-refractivity contribution in [3.8, 4) is 27.9 Å². The predicted octanol–water partition coefficient (Wildman–Crippen LogP) is 15.2. The molecule has 0 spiro atoms. The fourth-order valence-electron chi connectivity index (χ4n) is 8.02. The number of fused-ring (bicyclic) bond motifs is 8. The number of benzene rings is 8. The summed E-state index contributed by atoms with van der Waals surface area (Å²) in [5.74, 6) is 0. The Labute approximate surface area is 321 Å². The van der Waals surface area contributed by atoms with E-state index >= 15 is 0 Å². The molecule has 4 heteroatoms. The van der Waals surface area contributed by atoms with Crippen LogP contribution in [0.15, 0.2) is 194 Å². The Morgan fingerprint density at radius 1 is 0.333 bits per heavy atom. The molecule has 0 saturated heterocycles. The Balaban J connectivity index is 1.01. The van der Waals surface area contributed by atoms with Crippen LogP contribution in [0.25, 0.3) is 79.3 Å². The highest BCUT2D eigenvalue weighted by molar-refractivity contribution is 7.36. The lowest BCUT2D eigenvalue weighted by Crippen LogP contribution is -2.09. The van der Waals surface area contributed by atoms with Crippen LogP contribution in [0.1, 0.15) is 0 Å². The monoisotopic (exact) mass is 724 g/mol. The SMILES string of the molecule is c1ccc(-c2ccc(N(c3ccc(-c4ccc5c(c4)c4ccccc4n5-c4ccccc4)cc3)c3ccc4c(c3)sc3c5ccccc5sc43)cc2)cc1. The van der Waals surface area contributed by atoms with E-state index in [2.05, 4.69) is 204 Å². The third-order valence-corrected chi connectivity index (χ3v) is 13.1. The number of nitrogens with zero attached hydrogens (tertiary/aromatic N) is 2. The number of hydrogen-bond donors (Lipinski definition) is 0. The van der Waals surface area contributed by atoms with Crippen LogP contribution < -0.4 is 4.90 Å². The third kappa shape index (κ3) is 5.07. The summed E-state index contributed by atoms with van der Waals surface area (Å²) in [6.07, 6.45) is 0. The number of anilines is 3. The second kappa shape index (κ2) is 12.6. The first kappa shape index (κ1) is 31.1. The summed E-state index contributed by atoms with van der Waals surface area (Å²) < 4.78 is 7.80. The molecule has 0 unspecified atom stereocenters. The molecule has 0 fully saturated rings. The summed E-state index contributed by atoms with van der Waals surface area (Å²) in [5.41, 5.74) is 11.8. The molecule has 0 N–H and O–H groups in total. The quantitative estimate of drug-likeness (QED) is 0.166. The average molecular weight is 725 g/mol. The van der Waals surface area contributed by atoms with Crippen molar-refractivity contribution in [1.82, 2.24) is 4.57 Å². The van der Waals surface area contributed by atoms with E-state index < -0.39 is 0 Å². The van der Waals surface area contributed by atoms with Gasteiger partial charge in [-0.2, -0.15) is 0 Å². The average Bonchev–Trinajstić information content (AvgIpc) is 3.90. The van der Waals surface area contributed by atoms with E-state index in [-0.39, 0.29) is 0 Å². The first-order valence-corrected chi connectivity index (χ1v) is 19.9. The third-order valence-electron chi connectivity index (χ3n) is 10.6. The molecule has 3 heterocycles. The van der Waals surface area contributed by atoms with Crippen LogP contribution in [0, 0.1) is 0 Å². The standard InChI is InChI=1S/C50H32N2S2/c1-3-11-33(12-4-1)34-19-24-38(25-20-34)51(40-28-29-43-48(32-40)54-49-42-16-8-10-18-47(42)53-50(43)49)39-26-21-35(22-27-39)36-23-30-46-44(31-36)41-15-7-9-17-45(41)52(46)37-13-5-2-6-14-37/h1-32H. The number of hydrogen-bond acceptors (Lipinski definition) is 3. The van der Waals surface area contributed by atoms with Gasteiger partial charge in [-0.15, -0.1) is 22.7 Å². The Kier molecular flexibility index (Phi) is 7.25. The molecule has 0 bridgehead atoms. The molecular weight excluding hydrogens is 693 g/mol. The van der Waals surface area contributed by atoms with E-state index in [4.69, 9.17) is 0 Å². The molecule has 0 aliphatic heterocycles. The molecule has 54 heavy (non-hydrogen) atoms. The van der Waals surface area contributed by atoms with Crippen molar-refractivity contribution in [2.45, 2.75) is 0 Å². The molecule has 0 saturated carbocycles. The lowest BCUT2D eigenvalue weighted by atomic mass is 10.0. The van der Waals surface area contributed by atoms with E-state index in [1.165, 1.54) is 79.3 Å². The Hall–Kier alpha value is -6.46. The fraction of sp³-hybridized carbons (Fsp3) is 0. The minimum Gasteiger partial charge on any atom is -0.310 e. The molecule has 3 aromatic heterocycles. The van der Waals surface area contributed by atoms with Gasteiger partial charge < -0.3 is 9.47 Å². The second-order valence-corrected chi connectivity index (χ2v) is 15.9. The summed E-state index contributed by atoms with van der Waals surface area (Å²) in [5, 5.41) is 5.20. The van der Waals surface area contributed by atoms with Crippen LogP contribution in [0.3, 0.4) is 0 Å². The van der Waals surface area contributed by atoms with Crippen molar-refractivity contribution < 1.29 is 0 Å². The maximum absolute atomic E-state index is 2.39. The minimum absolute atomic E-state index is 1.12. The van der Waals surface area contributed by atoms with Gasteiger partial charge in [-0.05, 0) is 95.1 Å². The van der Waals surface area contributed by atoms with Crippen LogP contribution in [0.4, 0.5) is 17.1 Å². The highest BCUT2D eigenvalue weighted by Crippen LogP contribution is 2.46. The van der Waals surface area contributed by atoms with Crippen LogP contribution in [-0.4, -0.2) is 4.57 Å². The van der Waals surface area contributed by atoms with Gasteiger partial charge in [0.2, 0.25) is 0 Å². The van der Waals surface area contributed by atoms with Gasteiger partial charge in [0, 0.05) is 53.7 Å². The molecule has 0 radical (unpaired) electrons. The Bertz CT molecular complexity index is 3130. The highest BCUT2D eigenvalue weighted by Gasteiger charge is 2.18. The number of rotatable bonds is 6. The van der Waals surface area contributed by atoms with Gasteiger partial charge in [-0.1, -0.05) is 121 Å². The summed E-state index contributed by atoms with van der Waals surface area (Å²) >= 11 is 3.80. The lowest BCUT2D eigenvalue weighted by molar-refractivity contribution is 1.18. The van der Waals surface area contributed by atoms with Gasteiger partial charge >= 0.3 is 0 Å². The summed E-state index contributed by atoms with van der Waals surface area (Å²) in [6, 6.07) is 70.6. The van der Waals surface area contributed by atoms with Gasteiger partial charge in [0.05, 0.1) is 20.4 Å². The van der Waals surface area contributed by atoms with Crippen molar-refractivity contribution >= 4 is 91.1 Å². The highest BCUT2D eigenvalue weighted by atomic mass is 32.1. The molecule has 0 aliphatic rings. The molecule has 0 aliphatic carbocycles. The summed E-state index contributed by atoms with van der Waals surface area (Å²) in [6.45, 7) is 0. The lowest BCUT2D eigenvalue weighted by Gasteiger charge is -2.26. The van der Waals surface area contributed by atoms with Gasteiger partial charge in [0.25, 0.3) is 0 Å². The van der Waals surface area contributed by atoms with Crippen molar-refractivity contribution in [3.63, 3.8) is 0 Å². The van der Waals surface area contributed by atoms with E-state index in [1.807, 2.05) is 22.7 Å². The van der Waals surface area contributed by atoms with Crippen molar-refractivity contribution in [1.29, 1.82) is 0 Å². The normalized spacial score (nSPS) is 11.7. The van der Waals surface area contributed by atoms with E-state index in [0.29, 0.717) is 0 Å². The van der Waals surface area contributed by atoms with Gasteiger partial charge in [-0.25, -0.2) is 0 Å². The minimum atomic E-state index is 1.12. The van der Waals surface area contributed by atoms with Crippen LogP contribution in [-0.2, 0) is 0 Å². The van der Waals surface area contributed by atoms with Crippen molar-refractivity contribution in [3.05, 3.63) is 194 Å². The van der Waals surface area contributed by atoms with E-state index in [9.17, 15) is 0 Å².